The second-order valence-electron chi connectivity index (χ2n) is 4.31. The van der Waals surface area contributed by atoms with Gasteiger partial charge in [0.05, 0.1) is 6.54 Å². The van der Waals surface area contributed by atoms with Gasteiger partial charge in [0.15, 0.2) is 0 Å². The lowest BCUT2D eigenvalue weighted by atomic mass is 9.82. The highest BCUT2D eigenvalue weighted by Crippen LogP contribution is 2.32. The smallest absolute Gasteiger partial charge is 0.0606 e. The van der Waals surface area contributed by atoms with E-state index in [-0.39, 0.29) is 5.41 Å². The molecular formula is C10H17N. The molecule has 1 aliphatic rings. The van der Waals surface area contributed by atoms with E-state index in [1.54, 1.807) is 0 Å². The third-order valence-electron chi connectivity index (χ3n) is 2.09. The second-order valence-corrected chi connectivity index (χ2v) is 4.31. The Balaban J connectivity index is 3.03. The number of rotatable bonds is 0. The van der Waals surface area contributed by atoms with Crippen molar-refractivity contribution in [1.29, 1.82) is 0 Å². The fraction of sp³-hybridized carbons (Fsp3) is 0.700. The Morgan fingerprint density at radius 3 is 1.91 bits per heavy atom. The topological polar surface area (TPSA) is 12.4 Å². The molecule has 0 radical (unpaired) electrons. The Kier molecular flexibility index (Phi) is 1.91. The van der Waals surface area contributed by atoms with Gasteiger partial charge in [-0.1, -0.05) is 20.8 Å². The molecule has 0 spiro atoms. The molecule has 0 aromatic rings. The lowest BCUT2D eigenvalue weighted by molar-refractivity contribution is 0.521. The highest BCUT2D eigenvalue weighted by atomic mass is 14.8. The molecule has 0 N–H and O–H groups in total. The van der Waals surface area contributed by atoms with Crippen LogP contribution in [-0.2, 0) is 0 Å². The third kappa shape index (κ3) is 1.52. The van der Waals surface area contributed by atoms with Crippen LogP contribution in [0.3, 0.4) is 0 Å². The predicted molar refractivity (Wildman–Crippen MR) is 50.1 cm³/mol. The van der Waals surface area contributed by atoms with Gasteiger partial charge < -0.3 is 0 Å². The van der Waals surface area contributed by atoms with E-state index in [2.05, 4.69) is 39.6 Å². The molecule has 0 saturated carbocycles. The van der Waals surface area contributed by atoms with Gasteiger partial charge in [0, 0.05) is 5.71 Å². The summed E-state index contributed by atoms with van der Waals surface area (Å²) in [5.74, 6) is 0. The van der Waals surface area contributed by atoms with Gasteiger partial charge in [-0.15, -0.1) is 0 Å². The van der Waals surface area contributed by atoms with E-state index in [1.807, 2.05) is 0 Å². The first kappa shape index (κ1) is 8.51. The van der Waals surface area contributed by atoms with Gasteiger partial charge in [-0.25, -0.2) is 0 Å². The fourth-order valence-corrected chi connectivity index (χ4v) is 1.89. The van der Waals surface area contributed by atoms with Gasteiger partial charge in [-0.05, 0) is 30.4 Å². The molecule has 1 heteroatoms. The number of hydrogen-bond donors (Lipinski definition) is 0. The summed E-state index contributed by atoms with van der Waals surface area (Å²) in [4.78, 5) is 4.41. The van der Waals surface area contributed by atoms with Gasteiger partial charge in [0.1, 0.15) is 0 Å². The highest BCUT2D eigenvalue weighted by molar-refractivity contribution is 6.01. The van der Waals surface area contributed by atoms with E-state index in [1.165, 1.54) is 16.9 Å². The second kappa shape index (κ2) is 2.47. The van der Waals surface area contributed by atoms with Crippen molar-refractivity contribution in [1.82, 2.24) is 0 Å². The zero-order valence-electron chi connectivity index (χ0n) is 8.15. The van der Waals surface area contributed by atoms with Crippen molar-refractivity contribution in [2.45, 2.75) is 34.6 Å². The number of hydrogen-bond acceptors (Lipinski definition) is 1. The molecule has 0 unspecified atom stereocenters. The Morgan fingerprint density at radius 1 is 1.18 bits per heavy atom. The van der Waals surface area contributed by atoms with E-state index < -0.39 is 0 Å². The monoisotopic (exact) mass is 151 g/mol. The van der Waals surface area contributed by atoms with E-state index >= 15 is 0 Å². The van der Waals surface area contributed by atoms with Gasteiger partial charge >= 0.3 is 0 Å². The first-order valence-electron chi connectivity index (χ1n) is 4.14. The standard InChI is InChI=1S/C10H17N/c1-7-6-11-8(2)9(7)10(3,4)5/h6H2,1-5H3. The third-order valence-corrected chi connectivity index (χ3v) is 2.09. The summed E-state index contributed by atoms with van der Waals surface area (Å²) in [7, 11) is 0. The van der Waals surface area contributed by atoms with Crippen molar-refractivity contribution in [3.63, 3.8) is 0 Å². The first-order chi connectivity index (χ1) is 4.93. The SMILES string of the molecule is CC1=NCC(C)=C1C(C)(C)C. The lowest BCUT2D eigenvalue weighted by Crippen LogP contribution is -2.15. The minimum absolute atomic E-state index is 0.272. The number of nitrogens with zero attached hydrogens (tertiary/aromatic N) is 1. The average molecular weight is 151 g/mol. The molecule has 1 aliphatic heterocycles. The Bertz CT molecular complexity index is 226. The van der Waals surface area contributed by atoms with Crippen LogP contribution in [0.2, 0.25) is 0 Å². The van der Waals surface area contributed by atoms with E-state index in [0.29, 0.717) is 0 Å². The maximum absolute atomic E-state index is 4.41. The van der Waals surface area contributed by atoms with Crippen LogP contribution >= 0.6 is 0 Å². The molecule has 0 aromatic heterocycles. The van der Waals surface area contributed by atoms with Crippen molar-refractivity contribution in [2.24, 2.45) is 10.4 Å². The molecule has 1 heterocycles. The van der Waals surface area contributed by atoms with Crippen LogP contribution in [0.15, 0.2) is 16.1 Å². The Labute approximate surface area is 69.2 Å². The van der Waals surface area contributed by atoms with Crippen LogP contribution in [0.5, 0.6) is 0 Å². The number of aliphatic imine (C=N–C) groups is 1. The molecule has 1 nitrogen and oxygen atoms in total. The molecule has 1 rings (SSSR count). The van der Waals surface area contributed by atoms with Crippen LogP contribution in [0, 0.1) is 5.41 Å². The molecule has 0 amide bonds. The van der Waals surface area contributed by atoms with Crippen LogP contribution in [0.25, 0.3) is 0 Å². The van der Waals surface area contributed by atoms with Crippen molar-refractivity contribution in [3.8, 4) is 0 Å². The summed E-state index contributed by atoms with van der Waals surface area (Å²) in [5, 5.41) is 0. The normalized spacial score (nSPS) is 19.2. The van der Waals surface area contributed by atoms with Crippen molar-refractivity contribution >= 4 is 5.71 Å². The summed E-state index contributed by atoms with van der Waals surface area (Å²) >= 11 is 0. The molecule has 0 aliphatic carbocycles. The van der Waals surface area contributed by atoms with Crippen LogP contribution < -0.4 is 0 Å². The minimum Gasteiger partial charge on any atom is -0.285 e. The summed E-state index contributed by atoms with van der Waals surface area (Å²) in [6.07, 6.45) is 0. The zero-order valence-corrected chi connectivity index (χ0v) is 8.15. The van der Waals surface area contributed by atoms with Crippen molar-refractivity contribution < 1.29 is 0 Å². The summed E-state index contributed by atoms with van der Waals surface area (Å²) < 4.78 is 0. The maximum atomic E-state index is 4.41. The molecule has 0 atom stereocenters. The molecule has 0 fully saturated rings. The van der Waals surface area contributed by atoms with E-state index in [4.69, 9.17) is 0 Å². The minimum atomic E-state index is 0.272. The summed E-state index contributed by atoms with van der Waals surface area (Å²) in [6.45, 7) is 11.9. The van der Waals surface area contributed by atoms with Crippen molar-refractivity contribution in [2.75, 3.05) is 6.54 Å². The van der Waals surface area contributed by atoms with Crippen LogP contribution in [-0.4, -0.2) is 12.3 Å². The zero-order chi connectivity index (χ0) is 8.65. The molecule has 0 bridgehead atoms. The molecule has 0 aromatic carbocycles. The van der Waals surface area contributed by atoms with Gasteiger partial charge in [-0.2, -0.15) is 0 Å². The molecular weight excluding hydrogens is 134 g/mol. The van der Waals surface area contributed by atoms with Gasteiger partial charge in [-0.3, -0.25) is 4.99 Å². The molecule has 62 valence electrons. The maximum Gasteiger partial charge on any atom is 0.0606 e. The number of allylic oxidation sites excluding steroid dienone is 1. The Hall–Kier alpha value is -0.590. The average Bonchev–Trinajstić information content (AvgIpc) is 2.08. The predicted octanol–water partition coefficient (Wildman–Crippen LogP) is 2.82. The fourth-order valence-electron chi connectivity index (χ4n) is 1.89. The molecule has 0 saturated heterocycles. The van der Waals surface area contributed by atoms with E-state index in [0.717, 1.165) is 6.54 Å². The lowest BCUT2D eigenvalue weighted by Gasteiger charge is -2.21. The quantitative estimate of drug-likeness (QED) is 0.505. The summed E-state index contributed by atoms with van der Waals surface area (Å²) in [5.41, 5.74) is 4.40. The summed E-state index contributed by atoms with van der Waals surface area (Å²) in [6, 6.07) is 0. The van der Waals surface area contributed by atoms with Gasteiger partial charge in [0.2, 0.25) is 0 Å². The molecule has 11 heavy (non-hydrogen) atoms. The highest BCUT2D eigenvalue weighted by Gasteiger charge is 2.24. The van der Waals surface area contributed by atoms with Crippen LogP contribution in [0.4, 0.5) is 0 Å². The van der Waals surface area contributed by atoms with Crippen LogP contribution in [0.1, 0.15) is 34.6 Å². The van der Waals surface area contributed by atoms with Crippen molar-refractivity contribution in [3.05, 3.63) is 11.1 Å². The van der Waals surface area contributed by atoms with E-state index in [9.17, 15) is 0 Å². The largest absolute Gasteiger partial charge is 0.285 e. The first-order valence-corrected chi connectivity index (χ1v) is 4.14. The Morgan fingerprint density at radius 2 is 1.73 bits per heavy atom. The van der Waals surface area contributed by atoms with Gasteiger partial charge in [0.25, 0.3) is 0 Å².